The highest BCUT2D eigenvalue weighted by Gasteiger charge is 2.30. The van der Waals surface area contributed by atoms with Gasteiger partial charge in [-0.1, -0.05) is 6.07 Å². The molecule has 8 heteroatoms. The molecule has 2 aromatic heterocycles. The molecule has 0 amide bonds. The number of rotatable bonds is 6. The third kappa shape index (κ3) is 4.40. The molecule has 0 aliphatic heterocycles. The maximum Gasteiger partial charge on any atom is 0.416 e. The summed E-state index contributed by atoms with van der Waals surface area (Å²) in [7, 11) is 0. The van der Waals surface area contributed by atoms with Gasteiger partial charge in [0.15, 0.2) is 0 Å². The van der Waals surface area contributed by atoms with Crippen LogP contribution in [0.25, 0.3) is 11.3 Å². The Labute approximate surface area is 147 Å². The summed E-state index contributed by atoms with van der Waals surface area (Å²) in [4.78, 5) is 4.04. The third-order valence-electron chi connectivity index (χ3n) is 3.66. The summed E-state index contributed by atoms with van der Waals surface area (Å²) in [5.74, 6) is 0.0480. The van der Waals surface area contributed by atoms with Gasteiger partial charge in [-0.15, -0.1) is 0 Å². The molecule has 0 spiro atoms. The first-order chi connectivity index (χ1) is 12.4. The number of nitrogens with zero attached hydrogens (tertiary/aromatic N) is 3. The first-order valence-corrected chi connectivity index (χ1v) is 7.84. The number of hydrogen-bond acceptors (Lipinski definition) is 4. The lowest BCUT2D eigenvalue weighted by Gasteiger charge is -2.15. The quantitative estimate of drug-likeness (QED) is 0.729. The fourth-order valence-corrected chi connectivity index (χ4v) is 2.44. The summed E-state index contributed by atoms with van der Waals surface area (Å²) in [6, 6.07) is 9.99. The molecule has 1 N–H and O–H groups in total. The van der Waals surface area contributed by atoms with Crippen molar-refractivity contribution in [1.82, 2.24) is 14.8 Å². The molecule has 1 aromatic carbocycles. The Morgan fingerprint density at radius 3 is 2.69 bits per heavy atom. The van der Waals surface area contributed by atoms with Crippen LogP contribution in [-0.2, 0) is 12.7 Å². The van der Waals surface area contributed by atoms with Crippen LogP contribution in [0.15, 0.2) is 61.1 Å². The van der Waals surface area contributed by atoms with Gasteiger partial charge in [0.1, 0.15) is 18.5 Å². The predicted molar refractivity (Wildman–Crippen MR) is 88.4 cm³/mol. The molecule has 1 atom stereocenters. The van der Waals surface area contributed by atoms with E-state index in [1.807, 2.05) is 6.07 Å². The van der Waals surface area contributed by atoms with E-state index in [2.05, 4.69) is 10.1 Å². The molecule has 3 aromatic rings. The third-order valence-corrected chi connectivity index (χ3v) is 3.66. The number of hydrogen-bond donors (Lipinski definition) is 1. The van der Waals surface area contributed by atoms with Gasteiger partial charge >= 0.3 is 6.18 Å². The normalized spacial score (nSPS) is 12.8. The zero-order valence-electron chi connectivity index (χ0n) is 13.6. The number of benzene rings is 1. The van der Waals surface area contributed by atoms with Crippen LogP contribution in [0.3, 0.4) is 0 Å². The molecule has 0 saturated carbocycles. The molecule has 136 valence electrons. The van der Waals surface area contributed by atoms with Crippen LogP contribution in [0.4, 0.5) is 13.2 Å². The number of pyridine rings is 1. The van der Waals surface area contributed by atoms with Crippen molar-refractivity contribution in [2.24, 2.45) is 0 Å². The van der Waals surface area contributed by atoms with Gasteiger partial charge in [-0.25, -0.2) is 0 Å². The van der Waals surface area contributed by atoms with Gasteiger partial charge < -0.3 is 9.84 Å². The molecule has 0 aliphatic rings. The lowest BCUT2D eigenvalue weighted by Crippen LogP contribution is -2.24. The molecule has 3 rings (SSSR count). The van der Waals surface area contributed by atoms with Gasteiger partial charge in [-0.05, 0) is 36.4 Å². The van der Waals surface area contributed by atoms with E-state index in [0.717, 1.165) is 23.4 Å². The number of aliphatic hydroxyl groups is 1. The highest BCUT2D eigenvalue weighted by atomic mass is 19.4. The molecular weight excluding hydrogens is 347 g/mol. The Balaban J connectivity index is 1.62. The molecule has 2 heterocycles. The lowest BCUT2D eigenvalue weighted by atomic mass is 10.2. The fourth-order valence-electron chi connectivity index (χ4n) is 2.44. The minimum absolute atomic E-state index is 0.0480. The zero-order chi connectivity index (χ0) is 18.6. The Morgan fingerprint density at radius 1 is 1.12 bits per heavy atom. The zero-order valence-corrected chi connectivity index (χ0v) is 13.6. The van der Waals surface area contributed by atoms with Gasteiger partial charge in [-0.2, -0.15) is 18.3 Å². The summed E-state index contributed by atoms with van der Waals surface area (Å²) in [5, 5.41) is 14.3. The number of aliphatic hydroxyl groups excluding tert-OH is 1. The van der Waals surface area contributed by atoms with Crippen LogP contribution >= 0.6 is 0 Å². The number of alkyl halides is 3. The summed E-state index contributed by atoms with van der Waals surface area (Å²) in [6.45, 7) is -0.0240. The van der Waals surface area contributed by atoms with E-state index in [9.17, 15) is 18.3 Å². The van der Waals surface area contributed by atoms with E-state index in [-0.39, 0.29) is 18.9 Å². The Morgan fingerprint density at radius 2 is 1.96 bits per heavy atom. The van der Waals surface area contributed by atoms with E-state index in [4.69, 9.17) is 4.74 Å². The van der Waals surface area contributed by atoms with E-state index >= 15 is 0 Å². The summed E-state index contributed by atoms with van der Waals surface area (Å²) in [5.41, 5.74) is 0.822. The van der Waals surface area contributed by atoms with Gasteiger partial charge in [0.2, 0.25) is 0 Å². The van der Waals surface area contributed by atoms with Crippen molar-refractivity contribution in [2.45, 2.75) is 18.8 Å². The van der Waals surface area contributed by atoms with Crippen molar-refractivity contribution in [3.05, 3.63) is 66.6 Å². The number of halogens is 3. The van der Waals surface area contributed by atoms with Crippen LogP contribution in [0, 0.1) is 0 Å². The van der Waals surface area contributed by atoms with Gasteiger partial charge in [-0.3, -0.25) is 9.67 Å². The average molecular weight is 363 g/mol. The average Bonchev–Trinajstić information content (AvgIpc) is 3.08. The highest BCUT2D eigenvalue weighted by Crippen LogP contribution is 2.31. The molecule has 26 heavy (non-hydrogen) atoms. The highest BCUT2D eigenvalue weighted by molar-refractivity contribution is 5.57. The van der Waals surface area contributed by atoms with Crippen LogP contribution in [0.5, 0.6) is 5.75 Å². The van der Waals surface area contributed by atoms with E-state index < -0.39 is 17.8 Å². The first-order valence-electron chi connectivity index (χ1n) is 7.84. The molecule has 0 bridgehead atoms. The standard InChI is InChI=1S/C18H16F3N3O2/c19-18(20,21)14-4-1-5-16(9-14)26-12-15(25)11-24-17(6-8-23-24)13-3-2-7-22-10-13/h1-10,15,25H,11-12H2. The monoisotopic (exact) mass is 363 g/mol. The molecule has 0 radical (unpaired) electrons. The van der Waals surface area contributed by atoms with Crippen LogP contribution in [0.2, 0.25) is 0 Å². The van der Waals surface area contributed by atoms with Crippen molar-refractivity contribution in [3.8, 4) is 17.0 Å². The second-order valence-electron chi connectivity index (χ2n) is 5.63. The molecular formula is C18H16F3N3O2. The van der Waals surface area contributed by atoms with Crippen LogP contribution in [-0.4, -0.2) is 32.6 Å². The Hall–Kier alpha value is -2.87. The fraction of sp³-hybridized carbons (Fsp3) is 0.222. The first kappa shape index (κ1) is 17.9. The lowest BCUT2D eigenvalue weighted by molar-refractivity contribution is -0.137. The molecule has 0 aliphatic carbocycles. The molecule has 5 nitrogen and oxygen atoms in total. The van der Waals surface area contributed by atoms with E-state index in [1.54, 1.807) is 35.4 Å². The number of ether oxygens (including phenoxy) is 1. The van der Waals surface area contributed by atoms with Gasteiger partial charge in [0, 0.05) is 24.2 Å². The largest absolute Gasteiger partial charge is 0.491 e. The van der Waals surface area contributed by atoms with Crippen molar-refractivity contribution in [1.29, 1.82) is 0 Å². The van der Waals surface area contributed by atoms with Gasteiger partial charge in [0.25, 0.3) is 0 Å². The summed E-state index contributed by atoms with van der Waals surface area (Å²) in [6.07, 6.45) is -0.449. The minimum atomic E-state index is -4.44. The Kier molecular flexibility index (Phi) is 5.22. The minimum Gasteiger partial charge on any atom is -0.491 e. The molecule has 0 fully saturated rings. The second kappa shape index (κ2) is 7.57. The maximum absolute atomic E-state index is 12.7. The van der Waals surface area contributed by atoms with E-state index in [1.165, 1.54) is 12.1 Å². The smallest absolute Gasteiger partial charge is 0.416 e. The van der Waals surface area contributed by atoms with Crippen LogP contribution in [0.1, 0.15) is 5.56 Å². The van der Waals surface area contributed by atoms with Crippen molar-refractivity contribution in [3.63, 3.8) is 0 Å². The maximum atomic E-state index is 12.7. The Bertz CT molecular complexity index is 850. The van der Waals surface area contributed by atoms with Gasteiger partial charge in [0.05, 0.1) is 17.8 Å². The topological polar surface area (TPSA) is 60.2 Å². The SMILES string of the molecule is OC(COc1cccc(C(F)(F)F)c1)Cn1nccc1-c1cccnc1. The summed E-state index contributed by atoms with van der Waals surface area (Å²) < 4.78 is 45.0. The van der Waals surface area contributed by atoms with Crippen molar-refractivity contribution in [2.75, 3.05) is 6.61 Å². The predicted octanol–water partition coefficient (Wildman–Crippen LogP) is 3.40. The summed E-state index contributed by atoms with van der Waals surface area (Å²) >= 11 is 0. The second-order valence-corrected chi connectivity index (χ2v) is 5.63. The molecule has 1 unspecified atom stereocenters. The van der Waals surface area contributed by atoms with Crippen molar-refractivity contribution >= 4 is 0 Å². The van der Waals surface area contributed by atoms with E-state index in [0.29, 0.717) is 0 Å². The van der Waals surface area contributed by atoms with Crippen LogP contribution < -0.4 is 4.74 Å². The van der Waals surface area contributed by atoms with Crippen molar-refractivity contribution < 1.29 is 23.0 Å². The number of aromatic nitrogens is 3. The molecule has 0 saturated heterocycles.